The molecule has 40 heavy (non-hydrogen) atoms. The number of hydrogen-bond acceptors (Lipinski definition) is 5. The number of amides is 1. The third-order valence-corrected chi connectivity index (χ3v) is 6.33. The van der Waals surface area contributed by atoms with Gasteiger partial charge in [-0.1, -0.05) is 81.9 Å². The van der Waals surface area contributed by atoms with Gasteiger partial charge >= 0.3 is 5.97 Å². The molecule has 0 radical (unpaired) electrons. The maximum atomic E-state index is 12.4. The normalized spacial score (nSPS) is 12.0. The molecule has 3 aromatic rings. The molecule has 0 bridgehead atoms. The number of carbonyl (C=O) groups excluding carboxylic acids is 2. The first-order valence-corrected chi connectivity index (χ1v) is 13.8. The summed E-state index contributed by atoms with van der Waals surface area (Å²) in [6.07, 6.45) is 3.06. The van der Waals surface area contributed by atoms with Gasteiger partial charge in [-0.05, 0) is 55.2 Å². The summed E-state index contributed by atoms with van der Waals surface area (Å²) in [7, 11) is 0. The van der Waals surface area contributed by atoms with Crippen LogP contribution in [0.1, 0.15) is 73.6 Å². The lowest BCUT2D eigenvalue weighted by atomic mass is 9.94. The van der Waals surface area contributed by atoms with Crippen LogP contribution in [0.15, 0.2) is 91.5 Å². The Hall–Kier alpha value is -4.32. The lowest BCUT2D eigenvalue weighted by molar-refractivity contribution is -0.142. The number of esters is 1. The average molecular weight is 541 g/mol. The van der Waals surface area contributed by atoms with Crippen molar-refractivity contribution in [3.8, 4) is 0 Å². The van der Waals surface area contributed by atoms with Crippen LogP contribution in [-0.4, -0.2) is 25.0 Å². The lowest BCUT2D eigenvalue weighted by Gasteiger charge is -2.25. The molecule has 2 N–H and O–H groups in total. The van der Waals surface area contributed by atoms with E-state index in [9.17, 15) is 9.59 Å². The molecule has 0 fully saturated rings. The third-order valence-electron chi connectivity index (χ3n) is 6.33. The predicted molar refractivity (Wildman–Crippen MR) is 162 cm³/mol. The zero-order chi connectivity index (χ0) is 28.9. The van der Waals surface area contributed by atoms with Gasteiger partial charge in [0.1, 0.15) is 11.5 Å². The molecule has 0 aliphatic rings. The van der Waals surface area contributed by atoms with Gasteiger partial charge in [-0.3, -0.25) is 9.59 Å². The number of nitrogens with one attached hydrogen (secondary N) is 2. The first kappa shape index (κ1) is 30.2. The smallest absolute Gasteiger partial charge is 0.307 e. The Morgan fingerprint density at radius 3 is 2.12 bits per heavy atom. The van der Waals surface area contributed by atoms with Crippen LogP contribution in [0, 0.1) is 5.92 Å². The van der Waals surface area contributed by atoms with Crippen LogP contribution in [0.2, 0.25) is 0 Å². The van der Waals surface area contributed by atoms with E-state index in [4.69, 9.17) is 9.47 Å². The van der Waals surface area contributed by atoms with Gasteiger partial charge in [0.2, 0.25) is 0 Å². The van der Waals surface area contributed by atoms with Crippen molar-refractivity contribution < 1.29 is 19.1 Å². The average Bonchev–Trinajstić information content (AvgIpc) is 2.96. The molecule has 0 aliphatic heterocycles. The van der Waals surface area contributed by atoms with Gasteiger partial charge in [-0.2, -0.15) is 0 Å². The van der Waals surface area contributed by atoms with E-state index >= 15 is 0 Å². The van der Waals surface area contributed by atoms with Crippen LogP contribution in [0.25, 0.3) is 11.5 Å². The number of hydrogen-bond donors (Lipinski definition) is 2. The Balaban J connectivity index is 1.65. The standard InChI is InChI=1S/C34H40N2O4/c1-6-11-31(40-25(5)26-12-9-8-10-13-26)27-14-16-28(17-15-27)33(24(3)4)36-30-20-18-29(19-21-30)34(38)35-23-22-32(37)39-7-2/h8-21,24,33,36H,5-7,22-23H2,1-4H3,(H,35,38)/b31-11+. The number of rotatable bonds is 14. The molecule has 0 saturated heterocycles. The minimum absolute atomic E-state index is 0.0668. The van der Waals surface area contributed by atoms with Gasteiger partial charge < -0.3 is 20.1 Å². The SMILES string of the molecule is C=C(O/C(=C/CC)c1ccc(C(Nc2ccc(C(=O)NCCC(=O)OCC)cc2)C(C)C)cc1)c1ccccc1. The monoisotopic (exact) mass is 540 g/mol. The van der Waals surface area contributed by atoms with Crippen molar-refractivity contribution in [1.82, 2.24) is 5.32 Å². The van der Waals surface area contributed by atoms with Crippen molar-refractivity contribution in [3.63, 3.8) is 0 Å². The molecule has 0 spiro atoms. The fraction of sp³-hybridized carbons (Fsp3) is 0.294. The highest BCUT2D eigenvalue weighted by Gasteiger charge is 2.17. The summed E-state index contributed by atoms with van der Waals surface area (Å²) in [6, 6.07) is 25.7. The van der Waals surface area contributed by atoms with Crippen molar-refractivity contribution in [3.05, 3.63) is 114 Å². The largest absolute Gasteiger partial charge is 0.466 e. The molecule has 6 nitrogen and oxygen atoms in total. The second kappa shape index (κ2) is 15.3. The molecular formula is C34H40N2O4. The van der Waals surface area contributed by atoms with Crippen LogP contribution in [0.3, 0.4) is 0 Å². The first-order valence-electron chi connectivity index (χ1n) is 13.8. The lowest BCUT2D eigenvalue weighted by Crippen LogP contribution is -2.26. The third kappa shape index (κ3) is 8.87. The molecule has 3 aromatic carbocycles. The molecule has 3 rings (SSSR count). The van der Waals surface area contributed by atoms with E-state index in [2.05, 4.69) is 68.3 Å². The van der Waals surface area contributed by atoms with Gasteiger partial charge in [-0.15, -0.1) is 0 Å². The maximum Gasteiger partial charge on any atom is 0.307 e. The number of benzene rings is 3. The van der Waals surface area contributed by atoms with E-state index in [-0.39, 0.29) is 30.9 Å². The molecule has 210 valence electrons. The highest BCUT2D eigenvalue weighted by Crippen LogP contribution is 2.30. The molecule has 0 heterocycles. The minimum Gasteiger partial charge on any atom is -0.466 e. The topological polar surface area (TPSA) is 76.7 Å². The maximum absolute atomic E-state index is 12.4. The second-order valence-corrected chi connectivity index (χ2v) is 9.74. The van der Waals surface area contributed by atoms with Crippen molar-refractivity contribution >= 4 is 29.1 Å². The summed E-state index contributed by atoms with van der Waals surface area (Å²) in [5.41, 5.74) is 4.54. The van der Waals surface area contributed by atoms with Gasteiger partial charge in [0.05, 0.1) is 19.1 Å². The first-order chi connectivity index (χ1) is 19.3. The highest BCUT2D eigenvalue weighted by atomic mass is 16.5. The summed E-state index contributed by atoms with van der Waals surface area (Å²) in [4.78, 5) is 23.9. The molecular weight excluding hydrogens is 500 g/mol. The van der Waals surface area contributed by atoms with E-state index in [1.54, 1.807) is 19.1 Å². The van der Waals surface area contributed by atoms with Crippen molar-refractivity contribution in [1.29, 1.82) is 0 Å². The van der Waals surface area contributed by atoms with E-state index < -0.39 is 0 Å². The van der Waals surface area contributed by atoms with Crippen LogP contribution in [0.4, 0.5) is 5.69 Å². The second-order valence-electron chi connectivity index (χ2n) is 9.74. The van der Waals surface area contributed by atoms with Crippen LogP contribution >= 0.6 is 0 Å². The molecule has 0 aromatic heterocycles. The van der Waals surface area contributed by atoms with Crippen LogP contribution < -0.4 is 10.6 Å². The summed E-state index contributed by atoms with van der Waals surface area (Å²) in [5, 5.41) is 6.36. The van der Waals surface area contributed by atoms with Crippen LogP contribution in [-0.2, 0) is 14.3 Å². The van der Waals surface area contributed by atoms with E-state index in [1.807, 2.05) is 42.5 Å². The number of allylic oxidation sites excluding steroid dienone is 1. The Morgan fingerprint density at radius 1 is 0.875 bits per heavy atom. The van der Waals surface area contributed by atoms with Gasteiger partial charge in [0, 0.05) is 28.9 Å². The number of carbonyl (C=O) groups is 2. The molecule has 0 saturated carbocycles. The molecule has 0 aliphatic carbocycles. The van der Waals surface area contributed by atoms with Gasteiger partial charge in [0.15, 0.2) is 0 Å². The zero-order valence-electron chi connectivity index (χ0n) is 23.9. The predicted octanol–water partition coefficient (Wildman–Crippen LogP) is 7.62. The molecule has 6 heteroatoms. The number of ether oxygens (including phenoxy) is 2. The molecule has 1 amide bonds. The summed E-state index contributed by atoms with van der Waals surface area (Å²) >= 11 is 0. The summed E-state index contributed by atoms with van der Waals surface area (Å²) in [5.74, 6) is 1.17. The molecule has 1 atom stereocenters. The van der Waals surface area contributed by atoms with Crippen LogP contribution in [0.5, 0.6) is 0 Å². The quantitative estimate of drug-likeness (QED) is 0.162. The highest BCUT2D eigenvalue weighted by molar-refractivity contribution is 5.94. The van der Waals surface area contributed by atoms with E-state index in [0.717, 1.165) is 34.6 Å². The van der Waals surface area contributed by atoms with Crippen molar-refractivity contribution in [2.24, 2.45) is 5.92 Å². The fourth-order valence-corrected chi connectivity index (χ4v) is 4.22. The Bertz CT molecular complexity index is 1280. The van der Waals surface area contributed by atoms with Gasteiger partial charge in [-0.25, -0.2) is 0 Å². The van der Waals surface area contributed by atoms with E-state index in [1.165, 1.54) is 0 Å². The Kier molecular flexibility index (Phi) is 11.6. The van der Waals surface area contributed by atoms with Crippen molar-refractivity contribution in [2.75, 3.05) is 18.5 Å². The summed E-state index contributed by atoms with van der Waals surface area (Å²) < 4.78 is 11.1. The van der Waals surface area contributed by atoms with Crippen molar-refractivity contribution in [2.45, 2.75) is 46.6 Å². The van der Waals surface area contributed by atoms with E-state index in [0.29, 0.717) is 23.8 Å². The number of anilines is 1. The fourth-order valence-electron chi connectivity index (χ4n) is 4.22. The zero-order valence-corrected chi connectivity index (χ0v) is 23.9. The molecule has 1 unspecified atom stereocenters. The van der Waals surface area contributed by atoms with Gasteiger partial charge in [0.25, 0.3) is 5.91 Å². The Labute approximate surface area is 238 Å². The Morgan fingerprint density at radius 2 is 1.52 bits per heavy atom. The minimum atomic E-state index is -0.321. The summed E-state index contributed by atoms with van der Waals surface area (Å²) in [6.45, 7) is 12.9.